The molecule has 0 fully saturated rings. The number of fused-ring (bicyclic) bond motifs is 1. The maximum Gasteiger partial charge on any atom is 0.297 e. The van der Waals surface area contributed by atoms with Gasteiger partial charge in [0, 0.05) is 19.2 Å². The predicted octanol–water partition coefficient (Wildman–Crippen LogP) is 4.73. The lowest BCUT2D eigenvalue weighted by Gasteiger charge is -2.13. The van der Waals surface area contributed by atoms with Gasteiger partial charge in [-0.1, -0.05) is 0 Å². The Hall–Kier alpha value is -6.41. The number of aryl methyl sites for hydroxylation is 2. The number of phenols is 2. The van der Waals surface area contributed by atoms with Crippen LogP contribution in [0.15, 0.2) is 104 Å². The number of hydrogen-bond donors (Lipinski definition) is 7. The number of phenolic OH excluding ortho intramolecular Hbond substituents is 2. The Bertz CT molecular complexity index is 3180. The highest BCUT2D eigenvalue weighted by Gasteiger charge is 2.30. The van der Waals surface area contributed by atoms with E-state index in [0.29, 0.717) is 42.1 Å². The highest BCUT2D eigenvalue weighted by Crippen LogP contribution is 2.50. The van der Waals surface area contributed by atoms with Crippen LogP contribution in [-0.4, -0.2) is 76.8 Å². The highest BCUT2D eigenvalue weighted by atomic mass is 32.2. The third-order valence-corrected chi connectivity index (χ3v) is 10.9. The molecule has 0 atom stereocenters. The van der Waals surface area contributed by atoms with Crippen molar-refractivity contribution in [2.24, 2.45) is 37.7 Å². The molecule has 0 aliphatic carbocycles. The molecule has 0 saturated carbocycles. The molecule has 0 bridgehead atoms. The zero-order chi connectivity index (χ0) is 42.6. The van der Waals surface area contributed by atoms with Gasteiger partial charge in [-0.2, -0.15) is 38.8 Å². The quantitative estimate of drug-likeness (QED) is 0.0408. The first-order valence-electron chi connectivity index (χ1n) is 14.6. The van der Waals surface area contributed by atoms with E-state index in [2.05, 4.69) is 35.8 Å². The van der Waals surface area contributed by atoms with Gasteiger partial charge in [0.2, 0.25) is 0 Å². The normalized spacial score (nSPS) is 13.1. The third kappa shape index (κ3) is 8.55. The number of nitro benzene ring substituents is 1. The van der Waals surface area contributed by atoms with Gasteiger partial charge in [-0.05, 0) is 48.7 Å². The number of aromatic hydroxyl groups is 2. The van der Waals surface area contributed by atoms with Gasteiger partial charge in [-0.25, -0.2) is 0 Å². The summed E-state index contributed by atoms with van der Waals surface area (Å²) in [5.41, 5.74) is -5.74. The molecule has 0 aliphatic rings. The zero-order valence-electron chi connectivity index (χ0n) is 28.0. The topological polar surface area (TPSA) is 413 Å². The van der Waals surface area contributed by atoms with Gasteiger partial charge < -0.3 is 10.2 Å². The van der Waals surface area contributed by atoms with E-state index in [1.807, 2.05) is 0 Å². The largest absolute Gasteiger partial charge is 0.505 e. The Balaban J connectivity index is 1.73. The van der Waals surface area contributed by atoms with Crippen molar-refractivity contribution in [1.29, 1.82) is 0 Å². The minimum Gasteiger partial charge on any atom is -0.505 e. The SMILES string of the molecule is Cc1[nH]n(C)c(=O)c1N=Nc1ccc(N=Nc2c(S(=O)(=O)O)cc3cc(S(=O)(=O)O)c(N=Nc4ccc([N+](=O)[O-])cc4S(=O)(=O)O)c(O)c3c2O)c(S(=O)(=O)O)c1. The van der Waals surface area contributed by atoms with Crippen molar-refractivity contribution in [3.63, 3.8) is 0 Å². The first-order valence-corrected chi connectivity index (χ1v) is 20.3. The van der Waals surface area contributed by atoms with Crippen molar-refractivity contribution in [2.45, 2.75) is 26.5 Å². The maximum atomic E-state index is 12.4. The van der Waals surface area contributed by atoms with Crippen LogP contribution in [-0.2, 0) is 47.5 Å². The summed E-state index contributed by atoms with van der Waals surface area (Å²) in [5, 5.41) is 55.8. The van der Waals surface area contributed by atoms with Gasteiger partial charge in [-0.15, -0.1) is 25.6 Å². The Morgan fingerprint density at radius 2 is 1.07 bits per heavy atom. The Morgan fingerprint density at radius 3 is 1.49 bits per heavy atom. The fourth-order valence-electron chi connectivity index (χ4n) is 4.92. The Morgan fingerprint density at radius 1 is 0.632 bits per heavy atom. The maximum absolute atomic E-state index is 12.4. The van der Waals surface area contributed by atoms with Crippen LogP contribution in [0, 0.1) is 17.0 Å². The molecule has 0 saturated heterocycles. The molecule has 0 unspecified atom stereocenters. The van der Waals surface area contributed by atoms with Gasteiger partial charge >= 0.3 is 0 Å². The van der Waals surface area contributed by atoms with Gasteiger partial charge in [0.25, 0.3) is 51.7 Å². The molecule has 0 spiro atoms. The number of azo groups is 3. The van der Waals surface area contributed by atoms with E-state index in [9.17, 15) is 77.0 Å². The van der Waals surface area contributed by atoms with E-state index < -0.39 is 121 Å². The van der Waals surface area contributed by atoms with Crippen molar-refractivity contribution in [3.05, 3.63) is 74.7 Å². The van der Waals surface area contributed by atoms with E-state index in [1.54, 1.807) is 0 Å². The summed E-state index contributed by atoms with van der Waals surface area (Å²) in [6.07, 6.45) is 0. The van der Waals surface area contributed by atoms with Gasteiger partial charge in [-0.3, -0.25) is 42.9 Å². The number of nitro groups is 1. The lowest BCUT2D eigenvalue weighted by atomic mass is 10.1. The number of non-ortho nitro benzene ring substituents is 1. The van der Waals surface area contributed by atoms with E-state index in [-0.39, 0.29) is 11.4 Å². The molecule has 1 heterocycles. The fourth-order valence-corrected chi connectivity index (χ4v) is 7.52. The molecule has 7 N–H and O–H groups in total. The smallest absolute Gasteiger partial charge is 0.297 e. The first-order chi connectivity index (χ1) is 26.2. The van der Waals surface area contributed by atoms with E-state index in [0.717, 1.165) is 16.8 Å². The standard InChI is InChI=1S/C27H21N9O17S4/c1-11-22(27(39)35(2)34-11)31-28-13-3-5-15(17(9-13)54(42,43)44)29-32-23-19(56(48,49)50)7-12-8-20(57(51,52)53)24(26(38)21(12)25(23)37)33-30-16-6-4-14(36(40)41)10-18(16)55(45,46)47/h3-10,34,37-38H,1-2H3,(H,42,43,44)(H,45,46,47)(H,48,49,50)(H,51,52,53). The average Bonchev–Trinajstić information content (AvgIpc) is 3.33. The molecule has 1 aromatic heterocycles. The molecule has 0 amide bonds. The summed E-state index contributed by atoms with van der Waals surface area (Å²) in [5.74, 6) is -2.88. The minimum atomic E-state index is -5.49. The molecular weight excluding hydrogens is 851 g/mol. The minimum absolute atomic E-state index is 0.148. The molecule has 5 rings (SSSR count). The average molecular weight is 872 g/mol. The number of benzene rings is 4. The lowest BCUT2D eigenvalue weighted by molar-refractivity contribution is -0.385. The zero-order valence-corrected chi connectivity index (χ0v) is 31.3. The Kier molecular flexibility index (Phi) is 10.7. The molecule has 4 aromatic carbocycles. The summed E-state index contributed by atoms with van der Waals surface area (Å²) in [7, 11) is -20.1. The van der Waals surface area contributed by atoms with E-state index in [4.69, 9.17) is 0 Å². The third-order valence-electron chi connectivity index (χ3n) is 7.44. The first kappa shape index (κ1) is 41.7. The molecule has 26 nitrogen and oxygen atoms in total. The molecule has 57 heavy (non-hydrogen) atoms. The second kappa shape index (κ2) is 14.6. The molecule has 30 heteroatoms. The summed E-state index contributed by atoms with van der Waals surface area (Å²) < 4.78 is 138. The monoisotopic (exact) mass is 871 g/mol. The number of nitrogens with zero attached hydrogens (tertiary/aromatic N) is 8. The van der Waals surface area contributed by atoms with Crippen molar-refractivity contribution in [1.82, 2.24) is 9.78 Å². The van der Waals surface area contributed by atoms with Crippen molar-refractivity contribution < 1.29 is 67.0 Å². The molecular formula is C27H21N9O17S4. The summed E-state index contributed by atoms with van der Waals surface area (Å²) in [6, 6.07) is 5.15. The highest BCUT2D eigenvalue weighted by molar-refractivity contribution is 7.86. The second-order valence-electron chi connectivity index (χ2n) is 11.3. The predicted molar refractivity (Wildman–Crippen MR) is 189 cm³/mol. The van der Waals surface area contributed by atoms with Crippen LogP contribution in [0.3, 0.4) is 0 Å². The number of aromatic amines is 1. The van der Waals surface area contributed by atoms with Gasteiger partial charge in [0.1, 0.15) is 42.3 Å². The fraction of sp³-hybridized carbons (Fsp3) is 0.0741. The van der Waals surface area contributed by atoms with Crippen molar-refractivity contribution in [2.75, 3.05) is 0 Å². The van der Waals surface area contributed by atoms with Gasteiger partial charge in [0.05, 0.1) is 21.7 Å². The number of aromatic nitrogens is 2. The molecule has 0 aliphatic heterocycles. The second-order valence-corrected chi connectivity index (χ2v) is 16.8. The summed E-state index contributed by atoms with van der Waals surface area (Å²) >= 11 is 0. The molecule has 0 radical (unpaired) electrons. The van der Waals surface area contributed by atoms with Crippen LogP contribution in [0.4, 0.5) is 39.8 Å². The number of nitrogens with one attached hydrogen (secondary N) is 1. The van der Waals surface area contributed by atoms with Crippen molar-refractivity contribution >= 4 is 91.1 Å². The number of H-pyrrole nitrogens is 1. The van der Waals surface area contributed by atoms with Gasteiger partial charge in [0.15, 0.2) is 17.2 Å². The van der Waals surface area contributed by atoms with Crippen LogP contribution < -0.4 is 5.56 Å². The lowest BCUT2D eigenvalue weighted by Crippen LogP contribution is -2.10. The Labute approximate surface area is 317 Å². The molecule has 5 aromatic rings. The number of hydrogen-bond acceptors (Lipinski definition) is 19. The van der Waals surface area contributed by atoms with Crippen LogP contribution in [0.25, 0.3) is 10.8 Å². The van der Waals surface area contributed by atoms with Crippen molar-refractivity contribution in [3.8, 4) is 11.5 Å². The van der Waals surface area contributed by atoms with Crippen LogP contribution >= 0.6 is 0 Å². The van der Waals surface area contributed by atoms with Crippen LogP contribution in [0.5, 0.6) is 11.5 Å². The number of rotatable bonds is 11. The molecule has 300 valence electrons. The van der Waals surface area contributed by atoms with E-state index in [1.165, 1.54) is 14.0 Å². The summed E-state index contributed by atoms with van der Waals surface area (Å²) in [4.78, 5) is 17.3. The van der Waals surface area contributed by atoms with Crippen LogP contribution in [0.1, 0.15) is 5.69 Å². The van der Waals surface area contributed by atoms with E-state index >= 15 is 0 Å². The van der Waals surface area contributed by atoms with Crippen LogP contribution in [0.2, 0.25) is 0 Å². The summed E-state index contributed by atoms with van der Waals surface area (Å²) in [6.45, 7) is 1.49.